The van der Waals surface area contributed by atoms with Crippen molar-refractivity contribution in [3.8, 4) is 5.75 Å². The Labute approximate surface area is 131 Å². The maximum atomic E-state index is 13.4. The van der Waals surface area contributed by atoms with Crippen molar-refractivity contribution in [2.45, 2.75) is 0 Å². The highest BCUT2D eigenvalue weighted by molar-refractivity contribution is 5.95. The summed E-state index contributed by atoms with van der Waals surface area (Å²) in [4.78, 5) is 22.3. The number of aliphatic carboxylic acids is 1. The van der Waals surface area contributed by atoms with Crippen molar-refractivity contribution in [3.63, 3.8) is 0 Å². The lowest BCUT2D eigenvalue weighted by molar-refractivity contribution is -0.139. The van der Waals surface area contributed by atoms with Gasteiger partial charge in [-0.2, -0.15) is 5.10 Å². The Morgan fingerprint density at radius 3 is 2.61 bits per heavy atom. The third-order valence-electron chi connectivity index (χ3n) is 2.76. The Balaban J connectivity index is 2.05. The standard InChI is InChI=1S/C16H13FN2O4/c17-13-7-3-2-6-12(13)16(22)19-18-9-11-5-1-4-8-14(11)23-10-15(20)21/h1-9H,10H2,(H,19,22)(H,20,21)/b18-9+. The topological polar surface area (TPSA) is 88.0 Å². The molecule has 118 valence electrons. The SMILES string of the molecule is O=C(O)COc1ccccc1/C=N/NC(=O)c1ccccc1F. The zero-order chi connectivity index (χ0) is 16.7. The van der Waals surface area contributed by atoms with Gasteiger partial charge in [0.2, 0.25) is 0 Å². The molecule has 0 bridgehead atoms. The first-order valence-corrected chi connectivity index (χ1v) is 6.59. The van der Waals surface area contributed by atoms with Gasteiger partial charge >= 0.3 is 5.97 Å². The van der Waals surface area contributed by atoms with E-state index in [-0.39, 0.29) is 5.56 Å². The fraction of sp³-hybridized carbons (Fsp3) is 0.0625. The Bertz CT molecular complexity index is 746. The van der Waals surface area contributed by atoms with Crippen molar-refractivity contribution in [2.75, 3.05) is 6.61 Å². The number of halogens is 1. The van der Waals surface area contributed by atoms with E-state index in [0.717, 1.165) is 0 Å². The van der Waals surface area contributed by atoms with Crippen molar-refractivity contribution in [2.24, 2.45) is 5.10 Å². The number of hydrazone groups is 1. The molecule has 0 aliphatic carbocycles. The van der Waals surface area contributed by atoms with Gasteiger partial charge in [-0.3, -0.25) is 4.79 Å². The zero-order valence-electron chi connectivity index (χ0n) is 11.9. The van der Waals surface area contributed by atoms with Crippen LogP contribution in [0.25, 0.3) is 0 Å². The van der Waals surface area contributed by atoms with Gasteiger partial charge in [0, 0.05) is 5.56 Å². The first-order valence-electron chi connectivity index (χ1n) is 6.59. The van der Waals surface area contributed by atoms with E-state index in [2.05, 4.69) is 10.5 Å². The average Bonchev–Trinajstić information content (AvgIpc) is 2.54. The molecule has 0 aliphatic rings. The number of hydrogen-bond donors (Lipinski definition) is 2. The van der Waals surface area contributed by atoms with Gasteiger partial charge in [-0.05, 0) is 24.3 Å². The Kier molecular flexibility index (Phi) is 5.40. The number of amides is 1. The summed E-state index contributed by atoms with van der Waals surface area (Å²) in [6, 6.07) is 12.1. The van der Waals surface area contributed by atoms with Gasteiger partial charge in [0.25, 0.3) is 5.91 Å². The van der Waals surface area contributed by atoms with Gasteiger partial charge in [0.15, 0.2) is 6.61 Å². The lowest BCUT2D eigenvalue weighted by Gasteiger charge is -2.06. The Morgan fingerprint density at radius 2 is 1.87 bits per heavy atom. The van der Waals surface area contributed by atoms with E-state index in [1.807, 2.05) is 0 Å². The highest BCUT2D eigenvalue weighted by Gasteiger charge is 2.09. The van der Waals surface area contributed by atoms with Gasteiger partial charge in [0.05, 0.1) is 11.8 Å². The number of carbonyl (C=O) groups excluding carboxylic acids is 1. The normalized spacial score (nSPS) is 10.5. The molecule has 2 rings (SSSR count). The third-order valence-corrected chi connectivity index (χ3v) is 2.76. The van der Waals surface area contributed by atoms with Crippen molar-refractivity contribution in [1.82, 2.24) is 5.43 Å². The second kappa shape index (κ2) is 7.69. The average molecular weight is 316 g/mol. The van der Waals surface area contributed by atoms with Crippen molar-refractivity contribution < 1.29 is 23.8 Å². The van der Waals surface area contributed by atoms with Crippen molar-refractivity contribution in [3.05, 3.63) is 65.5 Å². The molecule has 23 heavy (non-hydrogen) atoms. The molecule has 0 unspecified atom stereocenters. The molecule has 2 aromatic carbocycles. The summed E-state index contributed by atoms with van der Waals surface area (Å²) in [7, 11) is 0. The first kappa shape index (κ1) is 16.2. The summed E-state index contributed by atoms with van der Waals surface area (Å²) in [6.07, 6.45) is 1.29. The minimum atomic E-state index is -1.11. The van der Waals surface area contributed by atoms with Crippen LogP contribution in [0, 0.1) is 5.82 Å². The van der Waals surface area contributed by atoms with E-state index in [9.17, 15) is 14.0 Å². The molecule has 0 radical (unpaired) electrons. The predicted octanol–water partition coefficient (Wildman–Crippen LogP) is 2.05. The molecule has 0 aliphatic heterocycles. The number of carbonyl (C=O) groups is 2. The quantitative estimate of drug-likeness (QED) is 0.630. The Morgan fingerprint density at radius 1 is 1.17 bits per heavy atom. The molecule has 7 heteroatoms. The second-order valence-corrected chi connectivity index (χ2v) is 4.40. The van der Waals surface area contributed by atoms with Gasteiger partial charge in [-0.15, -0.1) is 0 Å². The largest absolute Gasteiger partial charge is 0.481 e. The predicted molar refractivity (Wildman–Crippen MR) is 81.0 cm³/mol. The number of ether oxygens (including phenoxy) is 1. The summed E-state index contributed by atoms with van der Waals surface area (Å²) in [5.74, 6) is -2.14. The summed E-state index contributed by atoms with van der Waals surface area (Å²) in [6.45, 7) is -0.494. The Hall–Kier alpha value is -3.22. The molecule has 0 aromatic heterocycles. The van der Waals surface area contributed by atoms with Crippen LogP contribution in [0.1, 0.15) is 15.9 Å². The molecular weight excluding hydrogens is 303 g/mol. The van der Waals surface area contributed by atoms with Gasteiger partial charge in [-0.25, -0.2) is 14.6 Å². The van der Waals surface area contributed by atoms with Crippen LogP contribution >= 0.6 is 0 Å². The van der Waals surface area contributed by atoms with Crippen LogP contribution in [0.15, 0.2) is 53.6 Å². The van der Waals surface area contributed by atoms with Crippen LogP contribution < -0.4 is 10.2 Å². The molecule has 0 heterocycles. The lowest BCUT2D eigenvalue weighted by atomic mass is 10.2. The maximum Gasteiger partial charge on any atom is 0.341 e. The first-order chi connectivity index (χ1) is 11.1. The van der Waals surface area contributed by atoms with Crippen LogP contribution in [0.4, 0.5) is 4.39 Å². The van der Waals surface area contributed by atoms with Crippen LogP contribution in [-0.2, 0) is 4.79 Å². The summed E-state index contributed by atoms with van der Waals surface area (Å²) < 4.78 is 18.5. The van der Waals surface area contributed by atoms with E-state index < -0.39 is 24.3 Å². The molecule has 2 N–H and O–H groups in total. The van der Waals surface area contributed by atoms with Gasteiger partial charge in [0.1, 0.15) is 11.6 Å². The number of carboxylic acid groups (broad SMARTS) is 1. The molecule has 0 saturated carbocycles. The van der Waals surface area contributed by atoms with Crippen molar-refractivity contribution >= 4 is 18.1 Å². The minimum Gasteiger partial charge on any atom is -0.481 e. The molecule has 0 atom stereocenters. The maximum absolute atomic E-state index is 13.4. The van der Waals surface area contributed by atoms with Gasteiger partial charge < -0.3 is 9.84 Å². The van der Waals surface area contributed by atoms with E-state index in [0.29, 0.717) is 11.3 Å². The fourth-order valence-corrected chi connectivity index (χ4v) is 1.72. The number of hydrogen-bond acceptors (Lipinski definition) is 4. The summed E-state index contributed by atoms with van der Waals surface area (Å²) in [5.41, 5.74) is 2.55. The molecule has 6 nitrogen and oxygen atoms in total. The third kappa shape index (κ3) is 4.63. The highest BCUT2D eigenvalue weighted by atomic mass is 19.1. The van der Waals surface area contributed by atoms with E-state index >= 15 is 0 Å². The number of carboxylic acids is 1. The fourth-order valence-electron chi connectivity index (χ4n) is 1.72. The van der Waals surface area contributed by atoms with Crippen LogP contribution in [0.3, 0.4) is 0 Å². The molecule has 0 spiro atoms. The lowest BCUT2D eigenvalue weighted by Crippen LogP contribution is -2.19. The van der Waals surface area contributed by atoms with Crippen molar-refractivity contribution in [1.29, 1.82) is 0 Å². The molecule has 1 amide bonds. The summed E-state index contributed by atoms with van der Waals surface area (Å²) in [5, 5.41) is 12.3. The number of nitrogens with one attached hydrogen (secondary N) is 1. The number of para-hydroxylation sites is 1. The molecule has 0 fully saturated rings. The monoisotopic (exact) mass is 316 g/mol. The highest BCUT2D eigenvalue weighted by Crippen LogP contribution is 2.15. The van der Waals surface area contributed by atoms with Crippen LogP contribution in [0.2, 0.25) is 0 Å². The molecular formula is C16H13FN2O4. The van der Waals surface area contributed by atoms with Crippen LogP contribution in [0.5, 0.6) is 5.75 Å². The molecule has 0 saturated heterocycles. The van der Waals surface area contributed by atoms with E-state index in [1.54, 1.807) is 24.3 Å². The van der Waals surface area contributed by atoms with Gasteiger partial charge in [-0.1, -0.05) is 24.3 Å². The smallest absolute Gasteiger partial charge is 0.341 e. The number of benzene rings is 2. The van der Waals surface area contributed by atoms with E-state index in [4.69, 9.17) is 9.84 Å². The summed E-state index contributed by atoms with van der Waals surface area (Å²) >= 11 is 0. The second-order valence-electron chi connectivity index (χ2n) is 4.40. The molecule has 2 aromatic rings. The van der Waals surface area contributed by atoms with Crippen LogP contribution in [-0.4, -0.2) is 29.8 Å². The van der Waals surface area contributed by atoms with E-state index in [1.165, 1.54) is 30.5 Å². The minimum absolute atomic E-state index is 0.125. The number of nitrogens with zero attached hydrogens (tertiary/aromatic N) is 1. The number of rotatable bonds is 6. The zero-order valence-corrected chi connectivity index (χ0v) is 11.9.